The van der Waals surface area contributed by atoms with Crippen molar-refractivity contribution in [1.82, 2.24) is 4.90 Å². The first kappa shape index (κ1) is 25.0. The fourth-order valence-electron chi connectivity index (χ4n) is 3.12. The Balaban J connectivity index is 3.20. The van der Waals surface area contributed by atoms with Gasteiger partial charge in [0, 0.05) is 51.6 Å². The maximum absolute atomic E-state index is 12.7. The van der Waals surface area contributed by atoms with Crippen LogP contribution in [-0.2, 0) is 20.9 Å². The van der Waals surface area contributed by atoms with Crippen molar-refractivity contribution < 1.29 is 14.3 Å². The lowest BCUT2D eigenvalue weighted by atomic mass is 9.92. The zero-order valence-electron chi connectivity index (χ0n) is 19.6. The van der Waals surface area contributed by atoms with E-state index in [0.717, 1.165) is 16.9 Å². The number of rotatable bonds is 9. The minimum atomic E-state index is -0.0768. The SMILES string of the molecule is COCC(=O)N(Cc1cc(NC(=O)CC(C)(C)C)ccc1N(C)C)[C@H](C)C(C)C. The Morgan fingerprint density at radius 2 is 1.76 bits per heavy atom. The summed E-state index contributed by atoms with van der Waals surface area (Å²) >= 11 is 0. The normalized spacial score (nSPS) is 12.6. The molecule has 0 bridgehead atoms. The Morgan fingerprint density at radius 1 is 1.14 bits per heavy atom. The number of hydrogen-bond donors (Lipinski definition) is 1. The van der Waals surface area contributed by atoms with Crippen molar-refractivity contribution in [2.24, 2.45) is 11.3 Å². The summed E-state index contributed by atoms with van der Waals surface area (Å²) in [6, 6.07) is 5.93. The van der Waals surface area contributed by atoms with E-state index in [0.29, 0.717) is 18.9 Å². The van der Waals surface area contributed by atoms with Gasteiger partial charge in [-0.1, -0.05) is 34.6 Å². The monoisotopic (exact) mass is 405 g/mol. The molecule has 0 aliphatic rings. The van der Waals surface area contributed by atoms with E-state index in [2.05, 4.69) is 26.1 Å². The minimum Gasteiger partial charge on any atom is -0.377 e. The summed E-state index contributed by atoms with van der Waals surface area (Å²) < 4.78 is 5.09. The smallest absolute Gasteiger partial charge is 0.249 e. The molecular weight excluding hydrogens is 366 g/mol. The Kier molecular flexibility index (Phi) is 9.14. The van der Waals surface area contributed by atoms with Crippen molar-refractivity contribution in [2.45, 2.75) is 60.5 Å². The standard InChI is InChI=1S/C23H39N3O3/c1-16(2)17(3)26(22(28)15-29-9)14-18-12-19(10-11-20(18)25(7)8)24-21(27)13-23(4,5)6/h10-12,16-17H,13-15H2,1-9H3,(H,24,27)/t17-/m1/s1. The Labute approximate surface area is 176 Å². The van der Waals surface area contributed by atoms with Crippen LogP contribution in [0.1, 0.15) is 53.5 Å². The first-order valence-corrected chi connectivity index (χ1v) is 10.2. The lowest BCUT2D eigenvalue weighted by Crippen LogP contribution is -2.43. The van der Waals surface area contributed by atoms with Crippen LogP contribution in [0, 0.1) is 11.3 Å². The van der Waals surface area contributed by atoms with Gasteiger partial charge in [-0.05, 0) is 42.0 Å². The van der Waals surface area contributed by atoms with Gasteiger partial charge in [0.2, 0.25) is 11.8 Å². The van der Waals surface area contributed by atoms with Crippen molar-refractivity contribution >= 4 is 23.2 Å². The van der Waals surface area contributed by atoms with Crippen LogP contribution in [0.4, 0.5) is 11.4 Å². The number of benzene rings is 1. The molecule has 164 valence electrons. The van der Waals surface area contributed by atoms with E-state index < -0.39 is 0 Å². The summed E-state index contributed by atoms with van der Waals surface area (Å²) in [5.41, 5.74) is 2.67. The van der Waals surface area contributed by atoms with Gasteiger partial charge in [0.1, 0.15) is 6.61 Å². The van der Waals surface area contributed by atoms with Crippen LogP contribution in [0.3, 0.4) is 0 Å². The van der Waals surface area contributed by atoms with E-state index in [-0.39, 0.29) is 29.9 Å². The molecule has 2 amide bonds. The molecule has 0 saturated carbocycles. The number of hydrogen-bond acceptors (Lipinski definition) is 4. The average Bonchev–Trinajstić information content (AvgIpc) is 2.57. The van der Waals surface area contributed by atoms with E-state index in [1.807, 2.05) is 62.9 Å². The summed E-state index contributed by atoms with van der Waals surface area (Å²) in [5, 5.41) is 3.00. The Morgan fingerprint density at radius 3 is 2.24 bits per heavy atom. The highest BCUT2D eigenvalue weighted by atomic mass is 16.5. The van der Waals surface area contributed by atoms with Crippen LogP contribution < -0.4 is 10.2 Å². The van der Waals surface area contributed by atoms with Crippen molar-refractivity contribution in [2.75, 3.05) is 38.0 Å². The van der Waals surface area contributed by atoms with E-state index in [9.17, 15) is 9.59 Å². The Bertz CT molecular complexity index is 693. The van der Waals surface area contributed by atoms with E-state index in [1.54, 1.807) is 0 Å². The third kappa shape index (κ3) is 8.05. The molecule has 6 nitrogen and oxygen atoms in total. The van der Waals surface area contributed by atoms with Crippen molar-refractivity contribution in [1.29, 1.82) is 0 Å². The number of anilines is 2. The van der Waals surface area contributed by atoms with Crippen LogP contribution in [0.5, 0.6) is 0 Å². The molecule has 29 heavy (non-hydrogen) atoms. The molecule has 1 N–H and O–H groups in total. The third-order valence-corrected chi connectivity index (χ3v) is 4.92. The molecule has 1 atom stereocenters. The van der Waals surface area contributed by atoms with Crippen LogP contribution in [0.2, 0.25) is 0 Å². The molecular formula is C23H39N3O3. The van der Waals surface area contributed by atoms with Crippen LogP contribution in [0.25, 0.3) is 0 Å². The molecule has 0 unspecified atom stereocenters. The summed E-state index contributed by atoms with van der Waals surface area (Å²) in [5.74, 6) is 0.262. The van der Waals surface area contributed by atoms with Gasteiger partial charge < -0.3 is 19.9 Å². The highest BCUT2D eigenvalue weighted by Gasteiger charge is 2.24. The van der Waals surface area contributed by atoms with Crippen molar-refractivity contribution in [3.63, 3.8) is 0 Å². The molecule has 1 aromatic rings. The lowest BCUT2D eigenvalue weighted by molar-refractivity contribution is -0.138. The predicted octanol–water partition coefficient (Wildman–Crippen LogP) is 4.15. The highest BCUT2D eigenvalue weighted by molar-refractivity contribution is 5.91. The number of nitrogens with one attached hydrogen (secondary N) is 1. The molecule has 0 aromatic heterocycles. The van der Waals surface area contributed by atoms with Crippen molar-refractivity contribution in [3.8, 4) is 0 Å². The molecule has 1 aromatic carbocycles. The maximum Gasteiger partial charge on any atom is 0.249 e. The fourth-order valence-corrected chi connectivity index (χ4v) is 3.12. The highest BCUT2D eigenvalue weighted by Crippen LogP contribution is 2.27. The van der Waals surface area contributed by atoms with Gasteiger partial charge in [-0.15, -0.1) is 0 Å². The number of amides is 2. The van der Waals surface area contributed by atoms with E-state index in [4.69, 9.17) is 4.74 Å². The molecule has 0 heterocycles. The third-order valence-electron chi connectivity index (χ3n) is 4.92. The molecule has 1 rings (SSSR count). The molecule has 0 saturated heterocycles. The zero-order chi connectivity index (χ0) is 22.4. The summed E-state index contributed by atoms with van der Waals surface area (Å²) in [6.45, 7) is 12.9. The molecule has 0 aliphatic carbocycles. The van der Waals surface area contributed by atoms with E-state index >= 15 is 0 Å². The average molecular weight is 406 g/mol. The number of methoxy groups -OCH3 is 1. The predicted molar refractivity (Wildman–Crippen MR) is 120 cm³/mol. The first-order valence-electron chi connectivity index (χ1n) is 10.2. The lowest BCUT2D eigenvalue weighted by Gasteiger charge is -2.33. The van der Waals surface area contributed by atoms with Gasteiger partial charge in [-0.3, -0.25) is 9.59 Å². The summed E-state index contributed by atoms with van der Waals surface area (Å²) in [6.07, 6.45) is 0.445. The van der Waals surface area contributed by atoms with Crippen LogP contribution >= 0.6 is 0 Å². The summed E-state index contributed by atoms with van der Waals surface area (Å²) in [4.78, 5) is 29.0. The molecule has 0 spiro atoms. The minimum absolute atomic E-state index is 0.0103. The van der Waals surface area contributed by atoms with Gasteiger partial charge >= 0.3 is 0 Å². The number of carbonyl (C=O) groups is 2. The van der Waals surface area contributed by atoms with Gasteiger partial charge in [-0.2, -0.15) is 0 Å². The molecule has 6 heteroatoms. The molecule has 0 radical (unpaired) electrons. The second kappa shape index (κ2) is 10.6. The second-order valence-corrected chi connectivity index (χ2v) is 9.46. The first-order chi connectivity index (χ1) is 13.4. The van der Waals surface area contributed by atoms with Gasteiger partial charge in [0.05, 0.1) is 0 Å². The maximum atomic E-state index is 12.7. The number of nitrogens with zero attached hydrogens (tertiary/aromatic N) is 2. The number of carbonyl (C=O) groups excluding carboxylic acids is 2. The largest absolute Gasteiger partial charge is 0.377 e. The second-order valence-electron chi connectivity index (χ2n) is 9.46. The van der Waals surface area contributed by atoms with Gasteiger partial charge in [0.25, 0.3) is 0 Å². The van der Waals surface area contributed by atoms with E-state index in [1.165, 1.54) is 7.11 Å². The molecule has 0 fully saturated rings. The molecule has 0 aliphatic heterocycles. The van der Waals surface area contributed by atoms with Crippen LogP contribution in [-0.4, -0.2) is 50.6 Å². The summed E-state index contributed by atoms with van der Waals surface area (Å²) in [7, 11) is 5.49. The number of ether oxygens (including phenoxy) is 1. The van der Waals surface area contributed by atoms with Crippen molar-refractivity contribution in [3.05, 3.63) is 23.8 Å². The Hall–Kier alpha value is -2.08. The quantitative estimate of drug-likeness (QED) is 0.670. The van der Waals surface area contributed by atoms with Gasteiger partial charge in [0.15, 0.2) is 0 Å². The van der Waals surface area contributed by atoms with Gasteiger partial charge in [-0.25, -0.2) is 0 Å². The van der Waals surface area contributed by atoms with Crippen LogP contribution in [0.15, 0.2) is 18.2 Å². The fraction of sp³-hybridized carbons (Fsp3) is 0.652. The topological polar surface area (TPSA) is 61.9 Å². The zero-order valence-corrected chi connectivity index (χ0v) is 19.6.